The molecule has 0 saturated carbocycles. The largest absolute Gasteiger partial charge is 0.477 e. The van der Waals surface area contributed by atoms with E-state index in [1.165, 1.54) is 20.0 Å². The molecule has 1 amide bonds. The number of nitrogens with zero attached hydrogens (tertiary/aromatic N) is 3. The van der Waals surface area contributed by atoms with Crippen molar-refractivity contribution in [2.24, 2.45) is 5.92 Å². The Morgan fingerprint density at radius 1 is 1.26 bits per heavy atom. The van der Waals surface area contributed by atoms with Crippen molar-refractivity contribution in [3.05, 3.63) is 36.5 Å². The van der Waals surface area contributed by atoms with E-state index >= 15 is 8.78 Å². The van der Waals surface area contributed by atoms with Crippen molar-refractivity contribution in [2.75, 3.05) is 6.61 Å². The number of halogens is 2. The molecule has 2 unspecified atom stereocenters. The molecule has 34 heavy (non-hydrogen) atoms. The standard InChI is InChI=1S/C21H26F2N4O7/c1-10(2)19(31)24-14-15(27-8-12(25-26-27)11-6-4-3-5-7-11)18(22)21(23,20(32)33)34-17(14)16(30)13(29)9-28/h3-8,10,13-18,28-30H,9H2,1-2H3,(H,24,31)(H,32,33)/t13-,14-,15-,16-,17-,18?,21?/m1/s1. The third-order valence-electron chi connectivity index (χ3n) is 5.61. The Morgan fingerprint density at radius 3 is 2.47 bits per heavy atom. The second kappa shape index (κ2) is 10.1. The molecule has 0 aliphatic carbocycles. The van der Waals surface area contributed by atoms with E-state index in [0.29, 0.717) is 5.56 Å². The molecular formula is C21H26F2N4O7. The monoisotopic (exact) mass is 484 g/mol. The molecule has 0 spiro atoms. The number of rotatable bonds is 8. The van der Waals surface area contributed by atoms with Crippen LogP contribution in [-0.2, 0) is 14.3 Å². The van der Waals surface area contributed by atoms with E-state index in [4.69, 9.17) is 4.74 Å². The van der Waals surface area contributed by atoms with Crippen LogP contribution in [0.4, 0.5) is 8.78 Å². The minimum atomic E-state index is -3.97. The average Bonchev–Trinajstić information content (AvgIpc) is 3.30. The first-order valence-electron chi connectivity index (χ1n) is 10.5. The van der Waals surface area contributed by atoms with Gasteiger partial charge in [0.1, 0.15) is 30.0 Å². The number of hydrogen-bond acceptors (Lipinski definition) is 8. The fraction of sp³-hybridized carbons (Fsp3) is 0.524. The number of aliphatic hydroxyl groups is 3. The molecule has 186 valence electrons. The lowest BCUT2D eigenvalue weighted by Gasteiger charge is -2.47. The summed E-state index contributed by atoms with van der Waals surface area (Å²) in [4.78, 5) is 24.2. The summed E-state index contributed by atoms with van der Waals surface area (Å²) in [6.07, 6.45) is -7.66. The zero-order chi connectivity index (χ0) is 25.2. The van der Waals surface area contributed by atoms with Crippen LogP contribution in [0.5, 0.6) is 0 Å². The number of carbonyl (C=O) groups excluding carboxylic acids is 1. The van der Waals surface area contributed by atoms with E-state index in [1.807, 2.05) is 0 Å². The number of hydrogen-bond donors (Lipinski definition) is 5. The van der Waals surface area contributed by atoms with Crippen LogP contribution < -0.4 is 5.32 Å². The number of nitrogens with one attached hydrogen (secondary N) is 1. The van der Waals surface area contributed by atoms with Crippen LogP contribution in [0.1, 0.15) is 19.9 Å². The van der Waals surface area contributed by atoms with Crippen LogP contribution in [0, 0.1) is 5.92 Å². The van der Waals surface area contributed by atoms with Crippen molar-refractivity contribution in [3.63, 3.8) is 0 Å². The van der Waals surface area contributed by atoms with Crippen molar-refractivity contribution in [3.8, 4) is 11.3 Å². The molecule has 3 rings (SSSR count). The Hall–Kier alpha value is -3.00. The molecule has 0 radical (unpaired) electrons. The second-order valence-corrected chi connectivity index (χ2v) is 8.30. The van der Waals surface area contributed by atoms with Gasteiger partial charge in [-0.25, -0.2) is 13.9 Å². The summed E-state index contributed by atoms with van der Waals surface area (Å²) in [6.45, 7) is 2.05. The Balaban J connectivity index is 2.13. The van der Waals surface area contributed by atoms with Gasteiger partial charge < -0.3 is 30.5 Å². The minimum Gasteiger partial charge on any atom is -0.477 e. The molecule has 13 heteroatoms. The molecule has 2 heterocycles. The first-order chi connectivity index (χ1) is 16.0. The molecule has 0 bridgehead atoms. The third-order valence-corrected chi connectivity index (χ3v) is 5.61. The number of carbonyl (C=O) groups is 2. The molecule has 11 nitrogen and oxygen atoms in total. The molecule has 1 aromatic heterocycles. The normalized spacial score (nSPS) is 28.9. The van der Waals surface area contributed by atoms with Gasteiger partial charge in [0.15, 0.2) is 6.17 Å². The van der Waals surface area contributed by atoms with Crippen LogP contribution in [0.3, 0.4) is 0 Å². The van der Waals surface area contributed by atoms with Gasteiger partial charge >= 0.3 is 11.8 Å². The Kier molecular flexibility index (Phi) is 7.60. The maximum absolute atomic E-state index is 15.6. The number of ether oxygens (including phenoxy) is 1. The van der Waals surface area contributed by atoms with E-state index < -0.39 is 66.8 Å². The van der Waals surface area contributed by atoms with Crippen LogP contribution in [0.2, 0.25) is 0 Å². The smallest absolute Gasteiger partial charge is 0.372 e. The second-order valence-electron chi connectivity index (χ2n) is 8.30. The number of benzene rings is 1. The summed E-state index contributed by atoms with van der Waals surface area (Å²) in [7, 11) is 0. The SMILES string of the molecule is CC(C)C(=O)N[C@H]1[C@H]([C@H](O)[C@H](O)CO)OC(F)(C(=O)O)C(F)[C@@H]1n1cc(-c2ccccc2)nn1. The van der Waals surface area contributed by atoms with E-state index in [1.54, 1.807) is 30.3 Å². The highest BCUT2D eigenvalue weighted by Gasteiger charge is 2.64. The van der Waals surface area contributed by atoms with Crippen molar-refractivity contribution < 1.29 is 43.5 Å². The number of aromatic nitrogens is 3. The van der Waals surface area contributed by atoms with Crippen molar-refractivity contribution in [2.45, 2.75) is 56.3 Å². The van der Waals surface area contributed by atoms with E-state index in [2.05, 4.69) is 15.6 Å². The number of aliphatic hydroxyl groups excluding tert-OH is 3. The van der Waals surface area contributed by atoms with Gasteiger partial charge in [0.2, 0.25) is 5.91 Å². The van der Waals surface area contributed by atoms with Gasteiger partial charge in [0.25, 0.3) is 0 Å². The number of aliphatic carboxylic acids is 1. The molecule has 7 atom stereocenters. The average molecular weight is 484 g/mol. The van der Waals surface area contributed by atoms with Crippen LogP contribution in [0.15, 0.2) is 36.5 Å². The van der Waals surface area contributed by atoms with Gasteiger partial charge in [-0.05, 0) is 0 Å². The molecule has 1 aliphatic heterocycles. The maximum Gasteiger partial charge on any atom is 0.372 e. The first kappa shape index (κ1) is 25.6. The van der Waals surface area contributed by atoms with Crippen LogP contribution >= 0.6 is 0 Å². The van der Waals surface area contributed by atoms with Crippen LogP contribution in [0.25, 0.3) is 11.3 Å². The van der Waals surface area contributed by atoms with Gasteiger partial charge in [-0.3, -0.25) is 4.79 Å². The number of carboxylic acids is 1. The summed E-state index contributed by atoms with van der Waals surface area (Å²) in [5.74, 6) is -7.57. The minimum absolute atomic E-state index is 0.250. The van der Waals surface area contributed by atoms with Gasteiger partial charge in [0, 0.05) is 11.5 Å². The lowest BCUT2D eigenvalue weighted by Crippen LogP contribution is -2.69. The van der Waals surface area contributed by atoms with Crippen molar-refractivity contribution in [1.82, 2.24) is 20.3 Å². The molecule has 1 aromatic carbocycles. The summed E-state index contributed by atoms with van der Waals surface area (Å²) in [6, 6.07) is 5.10. The highest BCUT2D eigenvalue weighted by Crippen LogP contribution is 2.41. The van der Waals surface area contributed by atoms with Gasteiger partial charge in [-0.1, -0.05) is 49.4 Å². The van der Waals surface area contributed by atoms with E-state index in [0.717, 1.165) is 4.68 Å². The molecule has 2 aromatic rings. The summed E-state index contributed by atoms with van der Waals surface area (Å²) < 4.78 is 36.6. The quantitative estimate of drug-likeness (QED) is 0.342. The molecule has 5 N–H and O–H groups in total. The number of alkyl halides is 2. The lowest BCUT2D eigenvalue weighted by atomic mass is 9.85. The molecule has 1 fully saturated rings. The number of amides is 1. The topological polar surface area (TPSA) is 167 Å². The molecule has 1 aliphatic rings. The van der Waals surface area contributed by atoms with E-state index in [-0.39, 0.29) is 5.69 Å². The molecule has 1 saturated heterocycles. The Bertz CT molecular complexity index is 1010. The Morgan fingerprint density at radius 2 is 1.91 bits per heavy atom. The lowest BCUT2D eigenvalue weighted by molar-refractivity contribution is -0.283. The predicted molar refractivity (Wildman–Crippen MR) is 112 cm³/mol. The summed E-state index contributed by atoms with van der Waals surface area (Å²) in [5, 5.41) is 49.2. The fourth-order valence-electron chi connectivity index (χ4n) is 3.67. The van der Waals surface area contributed by atoms with Crippen molar-refractivity contribution >= 4 is 11.9 Å². The third kappa shape index (κ3) is 4.78. The highest BCUT2D eigenvalue weighted by molar-refractivity contribution is 5.79. The summed E-state index contributed by atoms with van der Waals surface area (Å²) >= 11 is 0. The fourth-order valence-corrected chi connectivity index (χ4v) is 3.67. The molecular weight excluding hydrogens is 458 g/mol. The summed E-state index contributed by atoms with van der Waals surface area (Å²) in [5.41, 5.74) is 0.830. The Labute approximate surface area is 193 Å². The zero-order valence-corrected chi connectivity index (χ0v) is 18.3. The van der Waals surface area contributed by atoms with Crippen LogP contribution in [-0.4, -0.2) is 90.3 Å². The first-order valence-corrected chi connectivity index (χ1v) is 10.5. The van der Waals surface area contributed by atoms with Gasteiger partial charge in [-0.15, -0.1) is 5.10 Å². The maximum atomic E-state index is 15.6. The highest BCUT2D eigenvalue weighted by atomic mass is 19.2. The van der Waals surface area contributed by atoms with Crippen molar-refractivity contribution in [1.29, 1.82) is 0 Å². The number of carboxylic acid groups (broad SMARTS) is 1. The van der Waals surface area contributed by atoms with E-state index in [9.17, 15) is 30.0 Å². The predicted octanol–water partition coefficient (Wildman–Crippen LogP) is -0.172. The van der Waals surface area contributed by atoms with Gasteiger partial charge in [0.05, 0.1) is 18.8 Å². The zero-order valence-electron chi connectivity index (χ0n) is 18.3. The van der Waals surface area contributed by atoms with Gasteiger partial charge in [-0.2, -0.15) is 4.39 Å².